The summed E-state index contributed by atoms with van der Waals surface area (Å²) in [5, 5.41) is 0. The van der Waals surface area contributed by atoms with Crippen molar-refractivity contribution < 1.29 is 22.7 Å². The third-order valence-corrected chi connectivity index (χ3v) is 6.12. The molecule has 0 spiro atoms. The van der Waals surface area contributed by atoms with Crippen molar-refractivity contribution in [1.82, 2.24) is 14.9 Å². The molecule has 0 unspecified atom stereocenters. The topological polar surface area (TPSA) is 58.6 Å². The molecular formula is C26H29F3N4O2. The van der Waals surface area contributed by atoms with E-state index in [2.05, 4.69) is 38.8 Å². The Kier molecular flexibility index (Phi) is 7.25. The summed E-state index contributed by atoms with van der Waals surface area (Å²) < 4.78 is 44.0. The molecule has 0 radical (unpaired) electrons. The van der Waals surface area contributed by atoms with Gasteiger partial charge in [-0.2, -0.15) is 13.2 Å². The summed E-state index contributed by atoms with van der Waals surface area (Å²) in [4.78, 5) is 25.2. The molecule has 1 aliphatic rings. The molecule has 1 saturated heterocycles. The molecule has 1 aliphatic heterocycles. The van der Waals surface area contributed by atoms with Crippen LogP contribution < -0.4 is 4.90 Å². The number of aromatic nitrogens is 2. The summed E-state index contributed by atoms with van der Waals surface area (Å²) in [5.41, 5.74) is 3.15. The number of hydrogen-bond donors (Lipinski definition) is 0. The number of esters is 1. The van der Waals surface area contributed by atoms with E-state index in [1.165, 1.54) is 6.07 Å². The molecular weight excluding hydrogens is 457 g/mol. The lowest BCUT2D eigenvalue weighted by atomic mass is 10.0. The Morgan fingerprint density at radius 1 is 1.11 bits per heavy atom. The first kappa shape index (κ1) is 24.9. The van der Waals surface area contributed by atoms with E-state index < -0.39 is 11.7 Å². The number of carbonyl (C=O) groups excluding carboxylic acids is 1. The SMILES string of the molecule is CCOC(=O)Cc1cc(C)cc(CN2CCN(c3cnc4cc(C(F)(F)F)ccc4n3)[C@@H](C)C2)c1. The Bertz CT molecular complexity index is 1210. The van der Waals surface area contributed by atoms with Crippen molar-refractivity contribution in [3.8, 4) is 0 Å². The minimum atomic E-state index is -4.41. The Labute approximate surface area is 202 Å². The van der Waals surface area contributed by atoms with E-state index in [-0.39, 0.29) is 23.9 Å². The first-order valence-corrected chi connectivity index (χ1v) is 11.7. The second kappa shape index (κ2) is 10.2. The van der Waals surface area contributed by atoms with Gasteiger partial charge in [0.25, 0.3) is 0 Å². The summed E-state index contributed by atoms with van der Waals surface area (Å²) in [7, 11) is 0. The van der Waals surface area contributed by atoms with Gasteiger partial charge < -0.3 is 9.64 Å². The van der Waals surface area contributed by atoms with Crippen LogP contribution >= 0.6 is 0 Å². The van der Waals surface area contributed by atoms with E-state index in [4.69, 9.17) is 4.74 Å². The van der Waals surface area contributed by atoms with Crippen molar-refractivity contribution in [2.75, 3.05) is 31.1 Å². The van der Waals surface area contributed by atoms with Crippen LogP contribution in [-0.4, -0.2) is 53.1 Å². The molecule has 3 aromatic rings. The average Bonchev–Trinajstić information content (AvgIpc) is 2.77. The molecule has 2 aromatic carbocycles. The second-order valence-electron chi connectivity index (χ2n) is 9.02. The van der Waals surface area contributed by atoms with E-state index in [9.17, 15) is 18.0 Å². The number of carbonyl (C=O) groups is 1. The van der Waals surface area contributed by atoms with Gasteiger partial charge in [0.1, 0.15) is 5.82 Å². The van der Waals surface area contributed by atoms with Crippen molar-refractivity contribution in [1.29, 1.82) is 0 Å². The lowest BCUT2D eigenvalue weighted by molar-refractivity contribution is -0.142. The molecule has 0 bridgehead atoms. The number of anilines is 1. The van der Waals surface area contributed by atoms with E-state index >= 15 is 0 Å². The average molecular weight is 487 g/mol. The molecule has 6 nitrogen and oxygen atoms in total. The largest absolute Gasteiger partial charge is 0.466 e. The maximum absolute atomic E-state index is 13.0. The van der Waals surface area contributed by atoms with Crippen molar-refractivity contribution in [3.63, 3.8) is 0 Å². The Hall–Kier alpha value is -3.20. The highest BCUT2D eigenvalue weighted by atomic mass is 19.4. The van der Waals surface area contributed by atoms with Crippen molar-refractivity contribution in [2.24, 2.45) is 0 Å². The van der Waals surface area contributed by atoms with Gasteiger partial charge in [0.05, 0.1) is 35.8 Å². The van der Waals surface area contributed by atoms with Crippen LogP contribution in [0.15, 0.2) is 42.6 Å². The fourth-order valence-corrected chi connectivity index (χ4v) is 4.61. The van der Waals surface area contributed by atoms with Crippen molar-refractivity contribution in [2.45, 2.75) is 46.0 Å². The Morgan fingerprint density at radius 3 is 2.60 bits per heavy atom. The van der Waals surface area contributed by atoms with E-state index in [1.54, 1.807) is 13.1 Å². The molecule has 1 aromatic heterocycles. The van der Waals surface area contributed by atoms with Crippen LogP contribution in [0.4, 0.5) is 19.0 Å². The van der Waals surface area contributed by atoms with Crippen LogP contribution in [0.2, 0.25) is 0 Å². The molecule has 35 heavy (non-hydrogen) atoms. The van der Waals surface area contributed by atoms with Crippen molar-refractivity contribution >= 4 is 22.8 Å². The lowest BCUT2D eigenvalue weighted by Crippen LogP contribution is -2.51. The van der Waals surface area contributed by atoms with E-state index in [0.717, 1.165) is 55.0 Å². The molecule has 0 N–H and O–H groups in total. The first-order valence-electron chi connectivity index (χ1n) is 11.7. The zero-order valence-corrected chi connectivity index (χ0v) is 20.1. The Balaban J connectivity index is 1.43. The normalized spacial score (nSPS) is 17.1. The fourth-order valence-electron chi connectivity index (χ4n) is 4.61. The van der Waals surface area contributed by atoms with Gasteiger partial charge in [-0.1, -0.05) is 23.8 Å². The zero-order chi connectivity index (χ0) is 25.2. The maximum Gasteiger partial charge on any atom is 0.416 e. The smallest absolute Gasteiger partial charge is 0.416 e. The van der Waals surface area contributed by atoms with Crippen LogP contribution in [0, 0.1) is 6.92 Å². The zero-order valence-electron chi connectivity index (χ0n) is 20.1. The summed E-state index contributed by atoms with van der Waals surface area (Å²) in [6.07, 6.45) is -2.59. The molecule has 1 atom stereocenters. The van der Waals surface area contributed by atoms with Gasteiger partial charge in [-0.15, -0.1) is 0 Å². The number of nitrogens with zero attached hydrogens (tertiary/aromatic N) is 4. The van der Waals surface area contributed by atoms with Gasteiger partial charge in [-0.3, -0.25) is 14.7 Å². The van der Waals surface area contributed by atoms with E-state index in [1.807, 2.05) is 13.0 Å². The highest BCUT2D eigenvalue weighted by Crippen LogP contribution is 2.31. The van der Waals surface area contributed by atoms with Crippen LogP contribution in [0.25, 0.3) is 11.0 Å². The third kappa shape index (κ3) is 6.08. The van der Waals surface area contributed by atoms with Crippen LogP contribution in [0.3, 0.4) is 0 Å². The van der Waals surface area contributed by atoms with Gasteiger partial charge in [-0.05, 0) is 50.1 Å². The molecule has 9 heteroatoms. The molecule has 0 aliphatic carbocycles. The summed E-state index contributed by atoms with van der Waals surface area (Å²) in [6.45, 7) is 9.39. The predicted molar refractivity (Wildman–Crippen MR) is 128 cm³/mol. The van der Waals surface area contributed by atoms with Crippen LogP contribution in [-0.2, 0) is 28.7 Å². The number of rotatable bonds is 6. The first-order chi connectivity index (χ1) is 16.6. The second-order valence-corrected chi connectivity index (χ2v) is 9.02. The highest BCUT2D eigenvalue weighted by Gasteiger charge is 2.31. The lowest BCUT2D eigenvalue weighted by Gasteiger charge is -2.40. The van der Waals surface area contributed by atoms with Crippen molar-refractivity contribution in [3.05, 3.63) is 64.8 Å². The molecule has 2 heterocycles. The minimum absolute atomic E-state index is 0.147. The number of alkyl halides is 3. The quantitative estimate of drug-likeness (QED) is 0.468. The number of hydrogen-bond acceptors (Lipinski definition) is 6. The third-order valence-electron chi connectivity index (χ3n) is 6.12. The fraction of sp³-hybridized carbons (Fsp3) is 0.423. The number of benzene rings is 2. The number of ether oxygens (including phenoxy) is 1. The number of piperazine rings is 1. The monoisotopic (exact) mass is 486 g/mol. The van der Waals surface area contributed by atoms with Gasteiger partial charge >= 0.3 is 12.1 Å². The number of fused-ring (bicyclic) bond motifs is 1. The minimum Gasteiger partial charge on any atom is -0.466 e. The van der Waals surface area contributed by atoms with Gasteiger partial charge in [0.15, 0.2) is 0 Å². The van der Waals surface area contributed by atoms with Gasteiger partial charge in [0, 0.05) is 32.2 Å². The Morgan fingerprint density at radius 2 is 1.89 bits per heavy atom. The van der Waals surface area contributed by atoms with Crippen LogP contribution in [0.1, 0.15) is 36.1 Å². The van der Waals surface area contributed by atoms with Gasteiger partial charge in [0.2, 0.25) is 0 Å². The maximum atomic E-state index is 13.0. The van der Waals surface area contributed by atoms with Crippen LogP contribution in [0.5, 0.6) is 0 Å². The number of aryl methyl sites for hydroxylation is 1. The summed E-state index contributed by atoms with van der Waals surface area (Å²) in [5.74, 6) is 0.439. The molecule has 1 fully saturated rings. The molecule has 0 saturated carbocycles. The molecule has 186 valence electrons. The van der Waals surface area contributed by atoms with Gasteiger partial charge in [-0.25, -0.2) is 4.98 Å². The molecule has 0 amide bonds. The highest BCUT2D eigenvalue weighted by molar-refractivity contribution is 5.76. The molecule has 4 rings (SSSR count). The number of halogens is 3. The summed E-state index contributed by atoms with van der Waals surface area (Å²) in [6, 6.07) is 9.80. The predicted octanol–water partition coefficient (Wildman–Crippen LogP) is 4.77. The summed E-state index contributed by atoms with van der Waals surface area (Å²) >= 11 is 0. The van der Waals surface area contributed by atoms with E-state index in [0.29, 0.717) is 17.9 Å². The standard InChI is InChI=1S/C26H29F3N4O2/c1-4-35-25(34)12-19-9-17(2)10-20(11-19)16-32-7-8-33(18(3)15-32)24-14-30-23-13-21(26(27,28)29)5-6-22(23)31-24/h5-6,9-11,13-14,18H,4,7-8,12,15-16H2,1-3H3/t18-/m0/s1.